The molecule has 0 atom stereocenters. The second-order valence-corrected chi connectivity index (χ2v) is 10.2. The number of carbonyl (C=O) groups excluding carboxylic acids is 1. The van der Waals surface area contributed by atoms with Gasteiger partial charge in [0, 0.05) is 37.9 Å². The molecule has 40 heavy (non-hydrogen) atoms. The first-order valence-electron chi connectivity index (χ1n) is 14.0. The number of hydrogen-bond acceptors (Lipinski definition) is 9. The summed E-state index contributed by atoms with van der Waals surface area (Å²) in [5.74, 6) is 1.26. The fourth-order valence-corrected chi connectivity index (χ4v) is 5.15. The predicted octanol–water partition coefficient (Wildman–Crippen LogP) is 4.48. The minimum absolute atomic E-state index is 0.105. The number of hydrogen-bond donors (Lipinski definition) is 2. The van der Waals surface area contributed by atoms with Crippen molar-refractivity contribution in [2.75, 3.05) is 49.7 Å². The Kier molecular flexibility index (Phi) is 9.19. The van der Waals surface area contributed by atoms with Crippen LogP contribution in [0, 0.1) is 5.92 Å². The number of fused-ring (bicyclic) bond motifs is 1. The van der Waals surface area contributed by atoms with Crippen LogP contribution in [0.25, 0.3) is 17.0 Å². The number of unbranched alkanes of at least 4 members (excludes halogenated alkanes) is 1. The van der Waals surface area contributed by atoms with Gasteiger partial charge in [0.1, 0.15) is 11.6 Å². The molecule has 0 aromatic carbocycles. The molecule has 1 saturated heterocycles. The number of rotatable bonds is 10. The highest BCUT2D eigenvalue weighted by Gasteiger charge is 2.25. The van der Waals surface area contributed by atoms with Crippen molar-refractivity contribution < 1.29 is 23.0 Å². The van der Waals surface area contributed by atoms with E-state index in [9.17, 15) is 13.6 Å². The molecular weight excluding hydrogens is 522 g/mol. The zero-order valence-electron chi connectivity index (χ0n) is 22.7. The Morgan fingerprint density at radius 1 is 1.15 bits per heavy atom. The SMILES string of the molecule is CCCCOC(=O)N[C@H]1CC[C@H](CNc2nc(N3CCOCC3)cc(-n3c(C(F)F)nc4ncccc43)n2)CC1. The Balaban J connectivity index is 1.31. The van der Waals surface area contributed by atoms with Crippen LogP contribution in [-0.2, 0) is 9.47 Å². The third-order valence-electron chi connectivity index (χ3n) is 7.36. The predicted molar refractivity (Wildman–Crippen MR) is 146 cm³/mol. The highest BCUT2D eigenvalue weighted by Crippen LogP contribution is 2.29. The molecule has 1 aliphatic heterocycles. The van der Waals surface area contributed by atoms with E-state index in [2.05, 4.69) is 37.4 Å². The van der Waals surface area contributed by atoms with Gasteiger partial charge in [-0.25, -0.2) is 23.5 Å². The Bertz CT molecular complexity index is 1280. The van der Waals surface area contributed by atoms with Gasteiger partial charge in [-0.1, -0.05) is 13.3 Å². The lowest BCUT2D eigenvalue weighted by Gasteiger charge is -2.30. The molecule has 2 N–H and O–H groups in total. The number of nitrogens with zero attached hydrogens (tertiary/aromatic N) is 6. The number of carbonyl (C=O) groups is 1. The molecule has 0 spiro atoms. The third kappa shape index (κ3) is 6.75. The molecular formula is C27H36F2N8O3. The lowest BCUT2D eigenvalue weighted by atomic mass is 9.86. The molecule has 0 radical (unpaired) electrons. The van der Waals surface area contributed by atoms with Gasteiger partial charge in [-0.2, -0.15) is 9.97 Å². The van der Waals surface area contributed by atoms with E-state index in [0.29, 0.717) is 68.5 Å². The minimum Gasteiger partial charge on any atom is -0.450 e. The van der Waals surface area contributed by atoms with Gasteiger partial charge in [0.25, 0.3) is 6.43 Å². The number of pyridine rings is 1. The Labute approximate surface area is 231 Å². The van der Waals surface area contributed by atoms with E-state index < -0.39 is 12.2 Å². The fraction of sp³-hybridized carbons (Fsp3) is 0.593. The second kappa shape index (κ2) is 13.2. The number of amides is 1. The topological polar surface area (TPSA) is 119 Å². The summed E-state index contributed by atoms with van der Waals surface area (Å²) in [6.45, 7) is 5.53. The molecule has 4 heterocycles. The number of anilines is 2. The van der Waals surface area contributed by atoms with Crippen LogP contribution in [0.15, 0.2) is 24.4 Å². The normalized spacial score (nSPS) is 19.6. The minimum atomic E-state index is -2.81. The smallest absolute Gasteiger partial charge is 0.407 e. The maximum Gasteiger partial charge on any atom is 0.407 e. The zero-order valence-corrected chi connectivity index (χ0v) is 22.7. The highest BCUT2D eigenvalue weighted by molar-refractivity contribution is 5.74. The zero-order chi connectivity index (χ0) is 27.9. The lowest BCUT2D eigenvalue weighted by molar-refractivity contribution is 0.122. The van der Waals surface area contributed by atoms with Gasteiger partial charge in [0.15, 0.2) is 11.5 Å². The van der Waals surface area contributed by atoms with Gasteiger partial charge in [-0.3, -0.25) is 4.57 Å². The van der Waals surface area contributed by atoms with Crippen LogP contribution in [-0.4, -0.2) is 76.1 Å². The first kappa shape index (κ1) is 27.9. The Morgan fingerprint density at radius 3 is 2.67 bits per heavy atom. The number of ether oxygens (including phenoxy) is 2. The molecule has 216 valence electrons. The average molecular weight is 559 g/mol. The van der Waals surface area contributed by atoms with E-state index >= 15 is 0 Å². The Hall–Kier alpha value is -3.61. The summed E-state index contributed by atoms with van der Waals surface area (Å²) in [4.78, 5) is 31.7. The number of nitrogens with one attached hydrogen (secondary N) is 2. The molecule has 5 rings (SSSR count). The molecule has 3 aromatic rings. The summed E-state index contributed by atoms with van der Waals surface area (Å²) < 4.78 is 40.2. The van der Waals surface area contributed by atoms with E-state index in [1.165, 1.54) is 10.8 Å². The van der Waals surface area contributed by atoms with Crippen LogP contribution in [0.2, 0.25) is 0 Å². The number of alkyl carbamates (subject to hydrolysis) is 1. The molecule has 2 fully saturated rings. The largest absolute Gasteiger partial charge is 0.450 e. The number of aromatic nitrogens is 5. The standard InChI is InChI=1S/C27H36F2N8O3/c1-2-3-13-40-27(38)32-19-8-6-18(7-9-19)17-31-26-33-21(36-11-14-39-15-12-36)16-22(34-26)37-20-5-4-10-30-24(20)35-25(37)23(28)29/h4-5,10,16,18-19,23H,2-3,6-9,11-15,17H2,1H3,(H,32,38)(H,31,33,34)/t18-,19-. The highest BCUT2D eigenvalue weighted by atomic mass is 19.3. The van der Waals surface area contributed by atoms with Crippen molar-refractivity contribution in [3.8, 4) is 5.82 Å². The number of morpholine rings is 1. The van der Waals surface area contributed by atoms with Crippen molar-refractivity contribution >= 4 is 29.0 Å². The number of halogens is 2. The molecule has 0 unspecified atom stereocenters. The molecule has 1 amide bonds. The number of alkyl halides is 2. The van der Waals surface area contributed by atoms with Gasteiger partial charge >= 0.3 is 6.09 Å². The maximum absolute atomic E-state index is 14.1. The average Bonchev–Trinajstić information content (AvgIpc) is 3.38. The van der Waals surface area contributed by atoms with Crippen molar-refractivity contribution in [1.82, 2.24) is 29.8 Å². The van der Waals surface area contributed by atoms with Crippen LogP contribution >= 0.6 is 0 Å². The molecule has 13 heteroatoms. The van der Waals surface area contributed by atoms with Crippen molar-refractivity contribution in [2.45, 2.75) is 57.9 Å². The molecule has 1 saturated carbocycles. The summed E-state index contributed by atoms with van der Waals surface area (Å²) >= 11 is 0. The monoisotopic (exact) mass is 558 g/mol. The first-order valence-corrected chi connectivity index (χ1v) is 14.0. The first-order chi connectivity index (χ1) is 19.5. The van der Waals surface area contributed by atoms with Crippen molar-refractivity contribution in [2.24, 2.45) is 5.92 Å². The van der Waals surface area contributed by atoms with Gasteiger partial charge in [0.05, 0.1) is 25.3 Å². The van der Waals surface area contributed by atoms with Crippen LogP contribution in [0.1, 0.15) is 57.7 Å². The van der Waals surface area contributed by atoms with E-state index in [1.54, 1.807) is 18.2 Å². The van der Waals surface area contributed by atoms with E-state index in [4.69, 9.17) is 14.5 Å². The van der Waals surface area contributed by atoms with Crippen molar-refractivity contribution in [3.63, 3.8) is 0 Å². The second-order valence-electron chi connectivity index (χ2n) is 10.2. The lowest BCUT2D eigenvalue weighted by Crippen LogP contribution is -2.39. The molecule has 11 nitrogen and oxygen atoms in total. The van der Waals surface area contributed by atoms with Crippen molar-refractivity contribution in [1.29, 1.82) is 0 Å². The summed E-state index contributed by atoms with van der Waals surface area (Å²) in [6.07, 6.45) is 3.80. The summed E-state index contributed by atoms with van der Waals surface area (Å²) in [6, 6.07) is 5.22. The summed E-state index contributed by atoms with van der Waals surface area (Å²) in [7, 11) is 0. The maximum atomic E-state index is 14.1. The van der Waals surface area contributed by atoms with Gasteiger partial charge < -0.3 is 25.0 Å². The van der Waals surface area contributed by atoms with Crippen LogP contribution < -0.4 is 15.5 Å². The van der Waals surface area contributed by atoms with Crippen molar-refractivity contribution in [3.05, 3.63) is 30.2 Å². The quantitative estimate of drug-likeness (QED) is 0.347. The summed E-state index contributed by atoms with van der Waals surface area (Å²) in [5.41, 5.74) is 0.688. The molecule has 1 aliphatic carbocycles. The van der Waals surface area contributed by atoms with Crippen LogP contribution in [0.3, 0.4) is 0 Å². The Morgan fingerprint density at radius 2 is 1.93 bits per heavy atom. The van der Waals surface area contributed by atoms with Gasteiger partial charge in [0.2, 0.25) is 5.95 Å². The van der Waals surface area contributed by atoms with E-state index in [-0.39, 0.29) is 17.8 Å². The summed E-state index contributed by atoms with van der Waals surface area (Å²) in [5, 5.41) is 6.32. The fourth-order valence-electron chi connectivity index (χ4n) is 5.15. The van der Waals surface area contributed by atoms with Crippen LogP contribution in [0.4, 0.5) is 25.3 Å². The van der Waals surface area contributed by atoms with E-state index in [0.717, 1.165) is 38.5 Å². The third-order valence-corrected chi connectivity index (χ3v) is 7.36. The molecule has 3 aromatic heterocycles. The van der Waals surface area contributed by atoms with E-state index in [1.807, 2.05) is 0 Å². The van der Waals surface area contributed by atoms with Crippen LogP contribution in [0.5, 0.6) is 0 Å². The number of imidazole rings is 1. The van der Waals surface area contributed by atoms with Gasteiger partial charge in [-0.15, -0.1) is 0 Å². The van der Waals surface area contributed by atoms with Gasteiger partial charge in [-0.05, 0) is 50.2 Å². The molecule has 2 aliphatic rings. The molecule has 0 bridgehead atoms.